The SMILES string of the molecule is CNCCCCC(COP(=O)(OC)OCCOCCOCCOP(=O)(OC)OC)COP(=O)(OC)OCCOCCOCCOP(=O)(OC)OC. The monoisotopic (exact) mass is 829 g/mol. The highest BCUT2D eigenvalue weighted by Gasteiger charge is 2.30. The van der Waals surface area contributed by atoms with Crippen molar-refractivity contribution in [1.29, 1.82) is 0 Å². The van der Waals surface area contributed by atoms with Gasteiger partial charge in [0.05, 0.1) is 92.5 Å². The van der Waals surface area contributed by atoms with Crippen LogP contribution in [0.15, 0.2) is 0 Å². The Labute approximate surface area is 301 Å². The first kappa shape index (κ1) is 51.2. The highest BCUT2D eigenvalue weighted by atomic mass is 31.2. The van der Waals surface area contributed by atoms with E-state index in [1.54, 1.807) is 0 Å². The van der Waals surface area contributed by atoms with E-state index in [4.69, 9.17) is 55.1 Å². The lowest BCUT2D eigenvalue weighted by molar-refractivity contribution is 0.0137. The van der Waals surface area contributed by atoms with Crippen LogP contribution in [0.3, 0.4) is 0 Å². The summed E-state index contributed by atoms with van der Waals surface area (Å²) in [5, 5.41) is 3.07. The summed E-state index contributed by atoms with van der Waals surface area (Å²) in [7, 11) is -5.91. The van der Waals surface area contributed by atoms with Crippen molar-refractivity contribution in [3.8, 4) is 0 Å². The van der Waals surface area contributed by atoms with Gasteiger partial charge in [-0.2, -0.15) is 0 Å². The van der Waals surface area contributed by atoms with Gasteiger partial charge in [-0.1, -0.05) is 6.42 Å². The second-order valence-electron chi connectivity index (χ2n) is 9.72. The van der Waals surface area contributed by atoms with E-state index in [-0.39, 0.29) is 98.4 Å². The van der Waals surface area contributed by atoms with Crippen LogP contribution < -0.4 is 5.32 Å². The lowest BCUT2D eigenvalue weighted by Crippen LogP contribution is -2.18. The Morgan fingerprint density at radius 3 is 1.00 bits per heavy atom. The fourth-order valence-corrected chi connectivity index (χ4v) is 6.73. The molecule has 0 aliphatic heterocycles. The molecule has 0 rings (SSSR count). The molecule has 0 spiro atoms. The van der Waals surface area contributed by atoms with Crippen molar-refractivity contribution >= 4 is 31.3 Å². The maximum absolute atomic E-state index is 13.0. The predicted octanol–water partition coefficient (Wildman–Crippen LogP) is 4.47. The van der Waals surface area contributed by atoms with Gasteiger partial charge >= 0.3 is 31.3 Å². The van der Waals surface area contributed by atoms with E-state index >= 15 is 0 Å². The van der Waals surface area contributed by atoms with Crippen molar-refractivity contribution in [3.05, 3.63) is 0 Å². The van der Waals surface area contributed by atoms with E-state index in [2.05, 4.69) is 23.4 Å². The average Bonchev–Trinajstić information content (AvgIpc) is 3.15. The molecule has 25 heteroatoms. The number of phosphoric acid groups is 4. The molecule has 0 heterocycles. The summed E-state index contributed by atoms with van der Waals surface area (Å²) in [6.45, 7) is 1.67. The van der Waals surface area contributed by atoms with Gasteiger partial charge in [0.2, 0.25) is 0 Å². The molecular formula is C26H59NO20P4. The molecule has 0 radical (unpaired) electrons. The summed E-state index contributed by atoms with van der Waals surface area (Å²) >= 11 is 0. The summed E-state index contributed by atoms with van der Waals surface area (Å²) in [5.41, 5.74) is 0. The minimum Gasteiger partial charge on any atom is -0.377 e. The Kier molecular flexibility index (Phi) is 31.6. The van der Waals surface area contributed by atoms with Crippen LogP contribution in [0.25, 0.3) is 0 Å². The van der Waals surface area contributed by atoms with Crippen LogP contribution in [0.4, 0.5) is 0 Å². The van der Waals surface area contributed by atoms with Crippen molar-refractivity contribution in [2.45, 2.75) is 19.3 Å². The number of nitrogens with one attached hydrogen (secondary N) is 1. The lowest BCUT2D eigenvalue weighted by atomic mass is 10.0. The number of rotatable bonds is 39. The smallest absolute Gasteiger partial charge is 0.377 e. The molecule has 0 bridgehead atoms. The van der Waals surface area contributed by atoms with Gasteiger partial charge in [-0.05, 0) is 26.4 Å². The van der Waals surface area contributed by atoms with Gasteiger partial charge in [0.25, 0.3) is 0 Å². The first-order valence-electron chi connectivity index (χ1n) is 16.0. The largest absolute Gasteiger partial charge is 0.474 e. The second-order valence-corrected chi connectivity index (χ2v) is 17.0. The van der Waals surface area contributed by atoms with Crippen LogP contribution >= 0.6 is 31.3 Å². The van der Waals surface area contributed by atoms with Crippen LogP contribution in [0, 0.1) is 5.92 Å². The molecule has 0 saturated carbocycles. The molecule has 2 atom stereocenters. The highest BCUT2D eigenvalue weighted by molar-refractivity contribution is 7.49. The summed E-state index contributed by atoms with van der Waals surface area (Å²) in [5.74, 6) is -0.362. The van der Waals surface area contributed by atoms with Crippen LogP contribution in [0.1, 0.15) is 19.3 Å². The zero-order valence-corrected chi connectivity index (χ0v) is 34.3. The molecule has 0 aromatic rings. The van der Waals surface area contributed by atoms with Crippen molar-refractivity contribution in [3.63, 3.8) is 0 Å². The second kappa shape index (κ2) is 31.4. The Balaban J connectivity index is 4.51. The molecule has 0 aliphatic rings. The Hall–Kier alpha value is 0.240. The standard InChI is InChI=1S/C26H59NO20P4/c1-27-11-9-8-10-26(24-46-50(30,36-6)44-22-18-40-14-12-38-16-20-42-48(28,32-2)33-3)25-47-51(31,37-7)45-23-19-41-15-13-39-17-21-43-49(29,34-4)35-5/h26-27H,8-25H2,1-7H3. The van der Waals surface area contributed by atoms with Crippen molar-refractivity contribution in [1.82, 2.24) is 5.32 Å². The van der Waals surface area contributed by atoms with Crippen molar-refractivity contribution in [2.75, 3.05) is 149 Å². The number of unbranched alkanes of at least 4 members (excludes halogenated alkanes) is 1. The molecule has 308 valence electrons. The molecule has 0 aromatic heterocycles. The van der Waals surface area contributed by atoms with Gasteiger partial charge in [-0.3, -0.25) is 54.3 Å². The molecule has 21 nitrogen and oxygen atoms in total. The molecular weight excluding hydrogens is 770 g/mol. The van der Waals surface area contributed by atoms with Crippen LogP contribution in [-0.4, -0.2) is 149 Å². The fourth-order valence-electron chi connectivity index (χ4n) is 3.46. The predicted molar refractivity (Wildman–Crippen MR) is 183 cm³/mol. The van der Waals surface area contributed by atoms with E-state index in [0.717, 1.165) is 19.4 Å². The van der Waals surface area contributed by atoms with Gasteiger partial charge in [0.15, 0.2) is 0 Å². The van der Waals surface area contributed by atoms with E-state index in [9.17, 15) is 18.3 Å². The number of hydrogen-bond donors (Lipinski definition) is 1. The van der Waals surface area contributed by atoms with Gasteiger partial charge in [0.1, 0.15) is 0 Å². The zero-order chi connectivity index (χ0) is 38.3. The maximum atomic E-state index is 13.0. The molecule has 0 fully saturated rings. The molecule has 0 aliphatic carbocycles. The molecule has 0 saturated heterocycles. The zero-order valence-electron chi connectivity index (χ0n) is 30.8. The van der Waals surface area contributed by atoms with Gasteiger partial charge in [-0.15, -0.1) is 0 Å². The van der Waals surface area contributed by atoms with E-state index in [1.165, 1.54) is 42.7 Å². The van der Waals surface area contributed by atoms with Crippen LogP contribution in [0.5, 0.6) is 0 Å². The average molecular weight is 830 g/mol. The minimum absolute atomic E-state index is 0.00227. The normalized spacial score (nSPS) is 15.5. The maximum Gasteiger partial charge on any atom is 0.474 e. The Morgan fingerprint density at radius 2 is 0.706 bits per heavy atom. The molecule has 2 unspecified atom stereocenters. The molecule has 0 aromatic carbocycles. The Bertz CT molecular complexity index is 941. The third-order valence-electron chi connectivity index (χ3n) is 6.22. The van der Waals surface area contributed by atoms with Gasteiger partial charge in [0, 0.05) is 48.6 Å². The molecule has 0 amide bonds. The topological polar surface area (TPSA) is 228 Å². The summed E-state index contributed by atoms with van der Waals surface area (Å²) in [6, 6.07) is 0. The lowest BCUT2D eigenvalue weighted by Gasteiger charge is -2.23. The van der Waals surface area contributed by atoms with E-state index in [1.807, 2.05) is 7.05 Å². The Morgan fingerprint density at radius 1 is 0.412 bits per heavy atom. The number of phosphoric ester groups is 4. The first-order valence-corrected chi connectivity index (χ1v) is 21.8. The van der Waals surface area contributed by atoms with Crippen molar-refractivity contribution < 1.29 is 91.5 Å². The number of hydrogen-bond acceptors (Lipinski definition) is 21. The highest BCUT2D eigenvalue weighted by Crippen LogP contribution is 2.51. The molecule has 1 N–H and O–H groups in total. The first-order chi connectivity index (χ1) is 24.4. The van der Waals surface area contributed by atoms with Crippen LogP contribution in [0.2, 0.25) is 0 Å². The number of ether oxygens (including phenoxy) is 4. The van der Waals surface area contributed by atoms with Gasteiger partial charge in [-0.25, -0.2) is 18.3 Å². The minimum atomic E-state index is -3.95. The van der Waals surface area contributed by atoms with Gasteiger partial charge < -0.3 is 24.3 Å². The van der Waals surface area contributed by atoms with Crippen molar-refractivity contribution in [2.24, 2.45) is 5.92 Å². The van der Waals surface area contributed by atoms with Crippen LogP contribution in [-0.2, 0) is 91.5 Å². The third kappa shape index (κ3) is 26.6. The quantitative estimate of drug-likeness (QED) is 0.0666. The third-order valence-corrected chi connectivity index (χ3v) is 11.8. The van der Waals surface area contributed by atoms with E-state index in [0.29, 0.717) is 6.42 Å². The van der Waals surface area contributed by atoms with E-state index < -0.39 is 31.3 Å². The summed E-state index contributed by atoms with van der Waals surface area (Å²) in [6.07, 6.45) is 2.21. The molecule has 51 heavy (non-hydrogen) atoms. The summed E-state index contributed by atoms with van der Waals surface area (Å²) < 4.78 is 131. The summed E-state index contributed by atoms with van der Waals surface area (Å²) in [4.78, 5) is 0. The fraction of sp³-hybridized carbons (Fsp3) is 1.00.